The molecular weight excluding hydrogens is 183 g/mol. The number of amidine groups is 1. The van der Waals surface area contributed by atoms with Crippen LogP contribution in [0.2, 0.25) is 5.02 Å². The van der Waals surface area contributed by atoms with Crippen LogP contribution in [0.15, 0.2) is 23.4 Å². The summed E-state index contributed by atoms with van der Waals surface area (Å²) in [4.78, 5) is 0. The molecule has 0 spiro atoms. The van der Waals surface area contributed by atoms with E-state index >= 15 is 0 Å². The summed E-state index contributed by atoms with van der Waals surface area (Å²) >= 11 is 5.59. The maximum absolute atomic E-state index is 12.5. The molecule has 0 saturated carbocycles. The van der Waals surface area contributed by atoms with Crippen molar-refractivity contribution in [1.29, 1.82) is 0 Å². The highest BCUT2D eigenvalue weighted by Crippen LogP contribution is 2.16. The quantitative estimate of drug-likeness (QED) is 0.304. The molecule has 0 aromatic heterocycles. The molecule has 0 aliphatic carbocycles. The summed E-state index contributed by atoms with van der Waals surface area (Å²) in [6, 6.07) is 3.61. The maximum atomic E-state index is 12.5. The highest BCUT2D eigenvalue weighted by molar-refractivity contribution is 6.34. The molecule has 5 heteroatoms. The summed E-state index contributed by atoms with van der Waals surface area (Å²) in [7, 11) is 0. The molecule has 0 saturated heterocycles. The normalized spacial score (nSPS) is 11.7. The van der Waals surface area contributed by atoms with Gasteiger partial charge in [0.15, 0.2) is 5.84 Å². The zero-order valence-electron chi connectivity index (χ0n) is 5.96. The molecule has 0 atom stereocenters. The molecule has 3 nitrogen and oxygen atoms in total. The number of halogens is 2. The first-order chi connectivity index (χ1) is 5.65. The monoisotopic (exact) mass is 188 g/mol. The van der Waals surface area contributed by atoms with Gasteiger partial charge in [0, 0.05) is 5.56 Å². The van der Waals surface area contributed by atoms with Crippen molar-refractivity contribution in [1.82, 2.24) is 0 Å². The van der Waals surface area contributed by atoms with Gasteiger partial charge in [-0.25, -0.2) is 4.39 Å². The first-order valence-electron chi connectivity index (χ1n) is 3.08. The van der Waals surface area contributed by atoms with E-state index in [4.69, 9.17) is 22.5 Å². The first-order valence-corrected chi connectivity index (χ1v) is 3.46. The lowest BCUT2D eigenvalue weighted by molar-refractivity contribution is 0.318. The Labute approximate surface area is 73.2 Å². The van der Waals surface area contributed by atoms with Crippen molar-refractivity contribution < 1.29 is 9.60 Å². The number of nitrogens with two attached hydrogens (primary N) is 1. The van der Waals surface area contributed by atoms with E-state index in [0.717, 1.165) is 6.07 Å². The fourth-order valence-corrected chi connectivity index (χ4v) is 1.02. The van der Waals surface area contributed by atoms with Gasteiger partial charge in [-0.2, -0.15) is 0 Å². The number of rotatable bonds is 1. The molecule has 0 unspecified atom stereocenters. The molecule has 1 aromatic rings. The molecule has 64 valence electrons. The maximum Gasteiger partial charge on any atom is 0.171 e. The van der Waals surface area contributed by atoms with E-state index in [1.807, 2.05) is 0 Å². The van der Waals surface area contributed by atoms with Gasteiger partial charge < -0.3 is 10.9 Å². The SMILES string of the molecule is N/C(=N\O)c1ccc(F)cc1Cl. The van der Waals surface area contributed by atoms with Gasteiger partial charge in [0.05, 0.1) is 5.02 Å². The predicted octanol–water partition coefficient (Wildman–Crippen LogP) is 1.57. The second-order valence-corrected chi connectivity index (χ2v) is 2.52. The van der Waals surface area contributed by atoms with E-state index < -0.39 is 5.82 Å². The summed E-state index contributed by atoms with van der Waals surface area (Å²) in [6.45, 7) is 0. The van der Waals surface area contributed by atoms with Gasteiger partial charge in [0.2, 0.25) is 0 Å². The summed E-state index contributed by atoms with van der Waals surface area (Å²) in [6.07, 6.45) is 0. The molecule has 12 heavy (non-hydrogen) atoms. The molecule has 0 bridgehead atoms. The predicted molar refractivity (Wildman–Crippen MR) is 43.9 cm³/mol. The molecule has 1 rings (SSSR count). The van der Waals surface area contributed by atoms with E-state index in [0.29, 0.717) is 5.56 Å². The van der Waals surface area contributed by atoms with Crippen LogP contribution in [-0.2, 0) is 0 Å². The van der Waals surface area contributed by atoms with Gasteiger partial charge in [-0.05, 0) is 18.2 Å². The van der Waals surface area contributed by atoms with Crippen LogP contribution < -0.4 is 5.73 Å². The Morgan fingerprint density at radius 1 is 1.58 bits per heavy atom. The minimum absolute atomic E-state index is 0.116. The molecule has 0 aliphatic heterocycles. The number of oxime groups is 1. The molecule has 0 radical (unpaired) electrons. The van der Waals surface area contributed by atoms with Crippen LogP contribution in [0.1, 0.15) is 5.56 Å². The molecular formula is C7H6ClFN2O. The van der Waals surface area contributed by atoms with Crippen LogP contribution >= 0.6 is 11.6 Å². The second kappa shape index (κ2) is 3.40. The number of nitrogens with zero attached hydrogens (tertiary/aromatic N) is 1. The number of hydrogen-bond donors (Lipinski definition) is 2. The van der Waals surface area contributed by atoms with Crippen molar-refractivity contribution in [3.63, 3.8) is 0 Å². The standard InChI is InChI=1S/C7H6ClFN2O/c8-6-3-4(9)1-2-5(6)7(10)11-12/h1-3,12H,(H2,10,11). The number of benzene rings is 1. The third kappa shape index (κ3) is 1.65. The van der Waals surface area contributed by atoms with Crippen LogP contribution in [0.4, 0.5) is 4.39 Å². The van der Waals surface area contributed by atoms with Crippen molar-refractivity contribution in [2.45, 2.75) is 0 Å². The molecule has 1 aromatic carbocycles. The van der Waals surface area contributed by atoms with E-state index in [9.17, 15) is 4.39 Å². The van der Waals surface area contributed by atoms with Crippen LogP contribution in [0.5, 0.6) is 0 Å². The number of hydrogen-bond acceptors (Lipinski definition) is 2. The van der Waals surface area contributed by atoms with Crippen molar-refractivity contribution in [2.75, 3.05) is 0 Å². The molecule has 0 aliphatic rings. The third-order valence-corrected chi connectivity index (χ3v) is 1.63. The second-order valence-electron chi connectivity index (χ2n) is 2.11. The highest BCUT2D eigenvalue weighted by atomic mass is 35.5. The summed E-state index contributed by atoms with van der Waals surface area (Å²) in [5.74, 6) is -0.602. The third-order valence-electron chi connectivity index (χ3n) is 1.31. The molecule has 0 heterocycles. The summed E-state index contributed by atoms with van der Waals surface area (Å²) < 4.78 is 12.5. The van der Waals surface area contributed by atoms with Crippen LogP contribution in [0.25, 0.3) is 0 Å². The lowest BCUT2D eigenvalue weighted by atomic mass is 10.2. The largest absolute Gasteiger partial charge is 0.409 e. The zero-order chi connectivity index (χ0) is 9.14. The van der Waals surface area contributed by atoms with E-state index in [1.54, 1.807) is 0 Å². The Hall–Kier alpha value is -1.29. The van der Waals surface area contributed by atoms with Gasteiger partial charge in [0.1, 0.15) is 5.82 Å². The highest BCUT2D eigenvalue weighted by Gasteiger charge is 2.05. The average Bonchev–Trinajstić information content (AvgIpc) is 2.03. The van der Waals surface area contributed by atoms with Gasteiger partial charge in [0.25, 0.3) is 0 Å². The van der Waals surface area contributed by atoms with E-state index in [2.05, 4.69) is 5.16 Å². The Morgan fingerprint density at radius 3 is 2.75 bits per heavy atom. The Kier molecular flexibility index (Phi) is 2.50. The van der Waals surface area contributed by atoms with Gasteiger partial charge in [-0.1, -0.05) is 16.8 Å². The lowest BCUT2D eigenvalue weighted by Gasteiger charge is -2.00. The summed E-state index contributed by atoms with van der Waals surface area (Å²) in [5.41, 5.74) is 5.54. The minimum atomic E-state index is -0.463. The molecule has 0 fully saturated rings. The van der Waals surface area contributed by atoms with Crippen molar-refractivity contribution >= 4 is 17.4 Å². The smallest absolute Gasteiger partial charge is 0.171 e. The Morgan fingerprint density at radius 2 is 2.25 bits per heavy atom. The van der Waals surface area contributed by atoms with Gasteiger partial charge in [-0.15, -0.1) is 0 Å². The lowest BCUT2D eigenvalue weighted by Crippen LogP contribution is -2.13. The fraction of sp³-hybridized carbons (Fsp3) is 0. The van der Waals surface area contributed by atoms with Gasteiger partial charge >= 0.3 is 0 Å². The van der Waals surface area contributed by atoms with Crippen molar-refractivity contribution in [2.24, 2.45) is 10.9 Å². The van der Waals surface area contributed by atoms with Crippen LogP contribution in [-0.4, -0.2) is 11.0 Å². The minimum Gasteiger partial charge on any atom is -0.409 e. The van der Waals surface area contributed by atoms with E-state index in [-0.39, 0.29) is 10.9 Å². The van der Waals surface area contributed by atoms with Crippen molar-refractivity contribution in [3.05, 3.63) is 34.6 Å². The first kappa shape index (κ1) is 8.80. The Bertz CT molecular complexity index is 327. The average molecular weight is 189 g/mol. The van der Waals surface area contributed by atoms with E-state index in [1.165, 1.54) is 12.1 Å². The van der Waals surface area contributed by atoms with Gasteiger partial charge in [-0.3, -0.25) is 0 Å². The summed E-state index contributed by atoms with van der Waals surface area (Å²) in [5, 5.41) is 11.1. The zero-order valence-corrected chi connectivity index (χ0v) is 6.72. The fourth-order valence-electron chi connectivity index (χ4n) is 0.751. The molecule has 3 N–H and O–H groups in total. The Balaban J connectivity index is 3.18. The van der Waals surface area contributed by atoms with Crippen LogP contribution in [0.3, 0.4) is 0 Å². The van der Waals surface area contributed by atoms with Crippen LogP contribution in [0, 0.1) is 5.82 Å². The van der Waals surface area contributed by atoms with Crippen molar-refractivity contribution in [3.8, 4) is 0 Å². The molecule has 0 amide bonds. The topological polar surface area (TPSA) is 58.6 Å².